The SMILES string of the molecule is CC(=O)NC1CCC2CCCCCCCC21. The molecule has 0 radical (unpaired) electrons. The molecule has 2 heteroatoms. The van der Waals surface area contributed by atoms with E-state index in [2.05, 4.69) is 5.32 Å². The number of fused-ring (bicyclic) bond motifs is 1. The lowest BCUT2D eigenvalue weighted by molar-refractivity contribution is -0.119. The van der Waals surface area contributed by atoms with Crippen molar-refractivity contribution in [1.29, 1.82) is 0 Å². The van der Waals surface area contributed by atoms with Gasteiger partial charge in [0.25, 0.3) is 0 Å². The molecule has 0 aromatic carbocycles. The number of rotatable bonds is 1. The first-order valence-electron chi connectivity index (χ1n) is 7.04. The van der Waals surface area contributed by atoms with Crippen LogP contribution in [-0.4, -0.2) is 11.9 Å². The molecule has 0 aromatic rings. The lowest BCUT2D eigenvalue weighted by Gasteiger charge is -2.24. The van der Waals surface area contributed by atoms with Crippen LogP contribution in [0.2, 0.25) is 0 Å². The summed E-state index contributed by atoms with van der Waals surface area (Å²) in [5.74, 6) is 1.84. The van der Waals surface area contributed by atoms with Crippen molar-refractivity contribution in [3.8, 4) is 0 Å². The van der Waals surface area contributed by atoms with Crippen LogP contribution >= 0.6 is 0 Å². The maximum atomic E-state index is 11.2. The molecular weight excluding hydrogens is 198 g/mol. The van der Waals surface area contributed by atoms with Crippen molar-refractivity contribution in [3.05, 3.63) is 0 Å². The molecule has 2 rings (SSSR count). The van der Waals surface area contributed by atoms with Gasteiger partial charge < -0.3 is 5.32 Å². The molecule has 3 atom stereocenters. The van der Waals surface area contributed by atoms with E-state index in [1.54, 1.807) is 6.92 Å². The average Bonchev–Trinajstić information content (AvgIpc) is 2.63. The van der Waals surface area contributed by atoms with Gasteiger partial charge >= 0.3 is 0 Å². The van der Waals surface area contributed by atoms with Crippen molar-refractivity contribution < 1.29 is 4.79 Å². The summed E-state index contributed by atoms with van der Waals surface area (Å²) < 4.78 is 0. The van der Waals surface area contributed by atoms with Gasteiger partial charge in [-0.15, -0.1) is 0 Å². The molecule has 3 unspecified atom stereocenters. The van der Waals surface area contributed by atoms with Gasteiger partial charge in [-0.2, -0.15) is 0 Å². The fourth-order valence-corrected chi connectivity index (χ4v) is 3.70. The number of hydrogen-bond donors (Lipinski definition) is 1. The molecule has 0 bridgehead atoms. The third kappa shape index (κ3) is 2.99. The van der Waals surface area contributed by atoms with E-state index in [0.29, 0.717) is 6.04 Å². The third-order valence-corrected chi connectivity index (χ3v) is 4.47. The van der Waals surface area contributed by atoms with Crippen molar-refractivity contribution in [3.63, 3.8) is 0 Å². The van der Waals surface area contributed by atoms with Gasteiger partial charge in [0.15, 0.2) is 0 Å². The summed E-state index contributed by atoms with van der Waals surface area (Å²) in [6.45, 7) is 1.66. The first kappa shape index (κ1) is 11.9. The molecule has 92 valence electrons. The molecule has 16 heavy (non-hydrogen) atoms. The molecule has 0 aliphatic heterocycles. The van der Waals surface area contributed by atoms with Crippen LogP contribution in [0.15, 0.2) is 0 Å². The number of carbonyl (C=O) groups excluding carboxylic acids is 1. The Morgan fingerprint density at radius 2 is 1.62 bits per heavy atom. The predicted octanol–water partition coefficient (Wildman–Crippen LogP) is 3.26. The van der Waals surface area contributed by atoms with Gasteiger partial charge in [-0.3, -0.25) is 4.79 Å². The van der Waals surface area contributed by atoms with Crippen LogP contribution in [0.3, 0.4) is 0 Å². The Kier molecular flexibility index (Phi) is 4.25. The average molecular weight is 223 g/mol. The summed E-state index contributed by atoms with van der Waals surface area (Å²) in [6, 6.07) is 0.487. The van der Waals surface area contributed by atoms with E-state index in [9.17, 15) is 4.79 Å². The molecule has 1 amide bonds. The van der Waals surface area contributed by atoms with Gasteiger partial charge in [-0.1, -0.05) is 38.5 Å². The Bertz CT molecular complexity index is 239. The van der Waals surface area contributed by atoms with Crippen LogP contribution in [0.1, 0.15) is 64.7 Å². The van der Waals surface area contributed by atoms with Crippen molar-refractivity contribution in [2.75, 3.05) is 0 Å². The van der Waals surface area contributed by atoms with Crippen LogP contribution in [0, 0.1) is 11.8 Å². The second kappa shape index (κ2) is 5.70. The Morgan fingerprint density at radius 3 is 2.38 bits per heavy atom. The fourth-order valence-electron chi connectivity index (χ4n) is 3.70. The lowest BCUT2D eigenvalue weighted by atomic mass is 9.86. The van der Waals surface area contributed by atoms with E-state index in [1.807, 2.05) is 0 Å². The molecule has 0 spiro atoms. The molecular formula is C14H25NO. The van der Waals surface area contributed by atoms with E-state index < -0.39 is 0 Å². The van der Waals surface area contributed by atoms with Crippen LogP contribution in [-0.2, 0) is 4.79 Å². The Labute approximate surface area is 99.2 Å². The van der Waals surface area contributed by atoms with Crippen molar-refractivity contribution in [2.24, 2.45) is 11.8 Å². The van der Waals surface area contributed by atoms with Crippen LogP contribution < -0.4 is 5.32 Å². The highest BCUT2D eigenvalue weighted by Gasteiger charge is 2.35. The van der Waals surface area contributed by atoms with Gasteiger partial charge in [0.05, 0.1) is 0 Å². The summed E-state index contributed by atoms with van der Waals surface area (Å²) in [6.07, 6.45) is 12.3. The maximum Gasteiger partial charge on any atom is 0.217 e. The lowest BCUT2D eigenvalue weighted by Crippen LogP contribution is -2.37. The van der Waals surface area contributed by atoms with E-state index in [-0.39, 0.29) is 5.91 Å². The second-order valence-electron chi connectivity index (χ2n) is 5.65. The Balaban J connectivity index is 1.95. The highest BCUT2D eigenvalue weighted by Crippen LogP contribution is 2.39. The zero-order chi connectivity index (χ0) is 11.4. The highest BCUT2D eigenvalue weighted by molar-refractivity contribution is 5.73. The molecule has 2 fully saturated rings. The minimum Gasteiger partial charge on any atom is -0.353 e. The van der Waals surface area contributed by atoms with Crippen LogP contribution in [0.5, 0.6) is 0 Å². The predicted molar refractivity (Wildman–Crippen MR) is 66.1 cm³/mol. The largest absolute Gasteiger partial charge is 0.353 e. The minimum absolute atomic E-state index is 0.158. The quantitative estimate of drug-likeness (QED) is 0.726. The zero-order valence-electron chi connectivity index (χ0n) is 10.5. The summed E-state index contributed by atoms with van der Waals surface area (Å²) >= 11 is 0. The van der Waals surface area contributed by atoms with Gasteiger partial charge in [0, 0.05) is 13.0 Å². The molecule has 1 N–H and O–H groups in total. The van der Waals surface area contributed by atoms with Crippen LogP contribution in [0.25, 0.3) is 0 Å². The number of nitrogens with one attached hydrogen (secondary N) is 1. The standard InChI is InChI=1S/C14H25NO/c1-11(16)15-14-10-9-12-7-5-3-2-4-6-8-13(12)14/h12-14H,2-10H2,1H3,(H,15,16). The highest BCUT2D eigenvalue weighted by atomic mass is 16.1. The fraction of sp³-hybridized carbons (Fsp3) is 0.929. The third-order valence-electron chi connectivity index (χ3n) is 4.47. The second-order valence-corrected chi connectivity index (χ2v) is 5.65. The molecule has 2 aliphatic carbocycles. The molecule has 0 heterocycles. The van der Waals surface area contributed by atoms with Gasteiger partial charge in [-0.25, -0.2) is 0 Å². The van der Waals surface area contributed by atoms with E-state index in [0.717, 1.165) is 11.8 Å². The van der Waals surface area contributed by atoms with E-state index >= 15 is 0 Å². The smallest absolute Gasteiger partial charge is 0.217 e. The summed E-state index contributed by atoms with van der Waals surface area (Å²) in [5.41, 5.74) is 0. The minimum atomic E-state index is 0.158. The van der Waals surface area contributed by atoms with Crippen molar-refractivity contribution in [1.82, 2.24) is 5.32 Å². The first-order valence-corrected chi connectivity index (χ1v) is 7.04. The zero-order valence-corrected chi connectivity index (χ0v) is 10.5. The van der Waals surface area contributed by atoms with E-state index in [1.165, 1.54) is 57.8 Å². The molecule has 0 aromatic heterocycles. The Morgan fingerprint density at radius 1 is 0.938 bits per heavy atom. The normalized spacial score (nSPS) is 35.7. The van der Waals surface area contributed by atoms with Crippen molar-refractivity contribution >= 4 is 5.91 Å². The van der Waals surface area contributed by atoms with Gasteiger partial charge in [0.1, 0.15) is 0 Å². The van der Waals surface area contributed by atoms with Gasteiger partial charge in [-0.05, 0) is 31.1 Å². The van der Waals surface area contributed by atoms with E-state index in [4.69, 9.17) is 0 Å². The summed E-state index contributed by atoms with van der Waals surface area (Å²) in [7, 11) is 0. The monoisotopic (exact) mass is 223 g/mol. The number of hydrogen-bond acceptors (Lipinski definition) is 1. The Hall–Kier alpha value is -0.530. The number of carbonyl (C=O) groups is 1. The topological polar surface area (TPSA) is 29.1 Å². The van der Waals surface area contributed by atoms with Crippen molar-refractivity contribution in [2.45, 2.75) is 70.8 Å². The molecule has 0 saturated heterocycles. The molecule has 2 aliphatic rings. The number of amides is 1. The van der Waals surface area contributed by atoms with Gasteiger partial charge in [0.2, 0.25) is 5.91 Å². The summed E-state index contributed by atoms with van der Waals surface area (Å²) in [5, 5.41) is 3.17. The van der Waals surface area contributed by atoms with Crippen LogP contribution in [0.4, 0.5) is 0 Å². The molecule has 2 saturated carbocycles. The summed E-state index contributed by atoms with van der Waals surface area (Å²) in [4.78, 5) is 11.2. The first-order chi connectivity index (χ1) is 7.77. The molecule has 2 nitrogen and oxygen atoms in total. The maximum absolute atomic E-state index is 11.2.